The van der Waals surface area contributed by atoms with Crippen LogP contribution >= 0.6 is 11.6 Å². The van der Waals surface area contributed by atoms with E-state index in [1.807, 2.05) is 0 Å². The van der Waals surface area contributed by atoms with Gasteiger partial charge in [-0.15, -0.1) is 0 Å². The van der Waals surface area contributed by atoms with E-state index in [1.54, 1.807) is 24.3 Å². The average Bonchev–Trinajstić information content (AvgIpc) is 2.16. The van der Waals surface area contributed by atoms with Gasteiger partial charge in [-0.05, 0) is 17.7 Å². The summed E-state index contributed by atoms with van der Waals surface area (Å²) in [6.45, 7) is 0.244. The SMILES string of the molecule is O=COC(C=O)c1ccc(Cl)cc1. The average molecular weight is 199 g/mol. The molecule has 0 saturated carbocycles. The van der Waals surface area contributed by atoms with Crippen molar-refractivity contribution in [2.24, 2.45) is 0 Å². The van der Waals surface area contributed by atoms with E-state index >= 15 is 0 Å². The summed E-state index contributed by atoms with van der Waals surface area (Å²) in [7, 11) is 0. The van der Waals surface area contributed by atoms with E-state index in [0.29, 0.717) is 16.9 Å². The maximum atomic E-state index is 10.5. The molecule has 1 aromatic carbocycles. The Kier molecular flexibility index (Phi) is 3.46. The Hall–Kier alpha value is -1.35. The Morgan fingerprint density at radius 3 is 2.31 bits per heavy atom. The van der Waals surface area contributed by atoms with Gasteiger partial charge in [0.05, 0.1) is 0 Å². The minimum Gasteiger partial charge on any atom is -0.452 e. The Morgan fingerprint density at radius 1 is 1.23 bits per heavy atom. The lowest BCUT2D eigenvalue weighted by Gasteiger charge is -2.07. The number of benzene rings is 1. The highest BCUT2D eigenvalue weighted by molar-refractivity contribution is 6.30. The summed E-state index contributed by atoms with van der Waals surface area (Å²) >= 11 is 5.64. The molecule has 0 heterocycles. The lowest BCUT2D eigenvalue weighted by molar-refractivity contribution is -0.139. The van der Waals surface area contributed by atoms with Crippen LogP contribution in [-0.4, -0.2) is 12.8 Å². The second-order valence-corrected chi connectivity index (χ2v) is 2.78. The molecule has 0 saturated heterocycles. The van der Waals surface area contributed by atoms with Crippen LogP contribution in [0.4, 0.5) is 0 Å². The van der Waals surface area contributed by atoms with Crippen LogP contribution in [0.5, 0.6) is 0 Å². The van der Waals surface area contributed by atoms with E-state index in [9.17, 15) is 9.59 Å². The predicted octanol–water partition coefficient (Wildman–Crippen LogP) is 1.75. The monoisotopic (exact) mass is 198 g/mol. The molecule has 0 aromatic heterocycles. The molecule has 1 rings (SSSR count). The minimum atomic E-state index is -0.838. The maximum Gasteiger partial charge on any atom is 0.294 e. The highest BCUT2D eigenvalue weighted by atomic mass is 35.5. The number of hydrogen-bond acceptors (Lipinski definition) is 3. The van der Waals surface area contributed by atoms with Gasteiger partial charge in [0, 0.05) is 5.02 Å². The molecule has 0 bridgehead atoms. The van der Waals surface area contributed by atoms with Crippen LogP contribution in [0, 0.1) is 0 Å². The molecule has 3 nitrogen and oxygen atoms in total. The van der Waals surface area contributed by atoms with E-state index in [4.69, 9.17) is 11.6 Å². The molecule has 0 aliphatic carbocycles. The van der Waals surface area contributed by atoms with Crippen LogP contribution in [0.15, 0.2) is 24.3 Å². The van der Waals surface area contributed by atoms with Gasteiger partial charge in [-0.2, -0.15) is 0 Å². The van der Waals surface area contributed by atoms with Gasteiger partial charge in [0.2, 0.25) is 0 Å². The van der Waals surface area contributed by atoms with Gasteiger partial charge >= 0.3 is 0 Å². The van der Waals surface area contributed by atoms with E-state index < -0.39 is 6.10 Å². The Balaban J connectivity index is 2.84. The zero-order chi connectivity index (χ0) is 9.68. The molecular weight excluding hydrogens is 192 g/mol. The van der Waals surface area contributed by atoms with Gasteiger partial charge in [-0.3, -0.25) is 9.59 Å². The summed E-state index contributed by atoms with van der Waals surface area (Å²) in [6, 6.07) is 6.51. The first-order valence-electron chi connectivity index (χ1n) is 3.58. The number of ether oxygens (including phenoxy) is 1. The van der Waals surface area contributed by atoms with E-state index in [2.05, 4.69) is 4.74 Å². The van der Waals surface area contributed by atoms with Crippen molar-refractivity contribution in [1.29, 1.82) is 0 Å². The zero-order valence-electron chi connectivity index (χ0n) is 6.64. The number of carbonyl (C=O) groups is 2. The van der Waals surface area contributed by atoms with Crippen LogP contribution in [0.3, 0.4) is 0 Å². The van der Waals surface area contributed by atoms with Gasteiger partial charge in [0.15, 0.2) is 12.4 Å². The first-order valence-corrected chi connectivity index (χ1v) is 3.95. The number of rotatable bonds is 4. The van der Waals surface area contributed by atoms with Crippen molar-refractivity contribution in [2.75, 3.05) is 0 Å². The van der Waals surface area contributed by atoms with Crippen molar-refractivity contribution >= 4 is 24.4 Å². The molecule has 0 aliphatic rings. The first kappa shape index (κ1) is 9.74. The fourth-order valence-corrected chi connectivity index (χ4v) is 1.03. The molecule has 13 heavy (non-hydrogen) atoms. The lowest BCUT2D eigenvalue weighted by Crippen LogP contribution is -2.03. The van der Waals surface area contributed by atoms with Gasteiger partial charge in [-0.25, -0.2) is 0 Å². The molecule has 1 unspecified atom stereocenters. The van der Waals surface area contributed by atoms with Crippen LogP contribution in [0.25, 0.3) is 0 Å². The lowest BCUT2D eigenvalue weighted by atomic mass is 10.1. The van der Waals surface area contributed by atoms with Crippen molar-refractivity contribution < 1.29 is 14.3 Å². The smallest absolute Gasteiger partial charge is 0.294 e. The molecule has 1 aromatic rings. The summed E-state index contributed by atoms with van der Waals surface area (Å²) in [4.78, 5) is 20.5. The van der Waals surface area contributed by atoms with Crippen molar-refractivity contribution in [2.45, 2.75) is 6.10 Å². The maximum absolute atomic E-state index is 10.5. The van der Waals surface area contributed by atoms with Crippen LogP contribution < -0.4 is 0 Å². The summed E-state index contributed by atoms with van der Waals surface area (Å²) in [5, 5.41) is 0.569. The first-order chi connectivity index (χ1) is 6.27. The van der Waals surface area contributed by atoms with Gasteiger partial charge in [0.1, 0.15) is 0 Å². The van der Waals surface area contributed by atoms with Crippen molar-refractivity contribution in [3.8, 4) is 0 Å². The van der Waals surface area contributed by atoms with E-state index in [-0.39, 0.29) is 6.47 Å². The highest BCUT2D eigenvalue weighted by Crippen LogP contribution is 2.17. The van der Waals surface area contributed by atoms with Gasteiger partial charge in [0.25, 0.3) is 6.47 Å². The Bertz CT molecular complexity index is 294. The third-order valence-electron chi connectivity index (χ3n) is 1.52. The fourth-order valence-electron chi connectivity index (χ4n) is 0.902. The number of hydrogen-bond donors (Lipinski definition) is 0. The molecule has 4 heteroatoms. The second-order valence-electron chi connectivity index (χ2n) is 2.34. The van der Waals surface area contributed by atoms with Gasteiger partial charge < -0.3 is 4.74 Å². The van der Waals surface area contributed by atoms with Crippen LogP contribution in [-0.2, 0) is 14.3 Å². The molecule has 0 amide bonds. The van der Waals surface area contributed by atoms with Crippen molar-refractivity contribution in [3.63, 3.8) is 0 Å². The molecule has 1 atom stereocenters. The van der Waals surface area contributed by atoms with Gasteiger partial charge in [-0.1, -0.05) is 23.7 Å². The zero-order valence-corrected chi connectivity index (χ0v) is 7.40. The number of aldehydes is 1. The second kappa shape index (κ2) is 4.62. The van der Waals surface area contributed by atoms with Crippen molar-refractivity contribution in [3.05, 3.63) is 34.9 Å². The summed E-state index contributed by atoms with van der Waals surface area (Å²) < 4.78 is 4.53. The van der Waals surface area contributed by atoms with E-state index in [1.165, 1.54) is 0 Å². The minimum absolute atomic E-state index is 0.244. The standard InChI is InChI=1S/C9H7ClO3/c10-8-3-1-7(2-4-8)9(5-11)13-6-12/h1-6,9H. The summed E-state index contributed by atoms with van der Waals surface area (Å²) in [6.07, 6.45) is -0.285. The molecule has 0 aliphatic heterocycles. The molecule has 0 N–H and O–H groups in total. The number of carbonyl (C=O) groups excluding carboxylic acids is 2. The van der Waals surface area contributed by atoms with Crippen LogP contribution in [0.2, 0.25) is 5.02 Å². The molecule has 0 fully saturated rings. The highest BCUT2D eigenvalue weighted by Gasteiger charge is 2.09. The molecular formula is C9H7ClO3. The van der Waals surface area contributed by atoms with Crippen molar-refractivity contribution in [1.82, 2.24) is 0 Å². The predicted molar refractivity (Wildman–Crippen MR) is 47.4 cm³/mol. The Morgan fingerprint density at radius 2 is 1.85 bits per heavy atom. The Labute approximate surface area is 80.3 Å². The molecule has 0 radical (unpaired) electrons. The quantitative estimate of drug-likeness (QED) is 0.693. The topological polar surface area (TPSA) is 43.4 Å². The summed E-state index contributed by atoms with van der Waals surface area (Å²) in [5.41, 5.74) is 0.603. The third kappa shape index (κ3) is 2.56. The van der Waals surface area contributed by atoms with E-state index in [0.717, 1.165) is 0 Å². The molecule has 0 spiro atoms. The third-order valence-corrected chi connectivity index (χ3v) is 1.78. The normalized spacial score (nSPS) is 11.8. The molecule has 68 valence electrons. The van der Waals surface area contributed by atoms with Crippen LogP contribution in [0.1, 0.15) is 11.7 Å². The largest absolute Gasteiger partial charge is 0.452 e. The fraction of sp³-hybridized carbons (Fsp3) is 0.111. The summed E-state index contributed by atoms with van der Waals surface area (Å²) in [5.74, 6) is 0. The number of halogens is 1.